The Labute approximate surface area is 228 Å². The minimum Gasteiger partial charge on any atom is -0.487 e. The van der Waals surface area contributed by atoms with E-state index >= 15 is 0 Å². The summed E-state index contributed by atoms with van der Waals surface area (Å²) in [5.74, 6) is 0.964. The lowest BCUT2D eigenvalue weighted by molar-refractivity contribution is -0.137. The van der Waals surface area contributed by atoms with Crippen molar-refractivity contribution in [1.82, 2.24) is 14.8 Å². The van der Waals surface area contributed by atoms with Crippen molar-refractivity contribution in [3.8, 4) is 5.75 Å². The van der Waals surface area contributed by atoms with Gasteiger partial charge in [-0.05, 0) is 81.2 Å². The summed E-state index contributed by atoms with van der Waals surface area (Å²) in [7, 11) is 0. The summed E-state index contributed by atoms with van der Waals surface area (Å²) in [6.07, 6.45) is 16.2. The van der Waals surface area contributed by atoms with Crippen molar-refractivity contribution in [2.24, 2.45) is 0 Å². The van der Waals surface area contributed by atoms with Crippen molar-refractivity contribution in [1.29, 1.82) is 0 Å². The molecule has 2 heterocycles. The van der Waals surface area contributed by atoms with Gasteiger partial charge in [-0.3, -0.25) is 14.6 Å². The van der Waals surface area contributed by atoms with Crippen LogP contribution in [0.3, 0.4) is 0 Å². The largest absolute Gasteiger partial charge is 0.487 e. The highest BCUT2D eigenvalue weighted by atomic mass is 16.5. The van der Waals surface area contributed by atoms with E-state index in [-0.39, 0.29) is 24.0 Å². The molecule has 2 aromatic rings. The molecule has 0 N–H and O–H groups in total. The number of carbonyl (C=O) groups is 2. The molecule has 2 amide bonds. The Morgan fingerprint density at radius 2 is 1.68 bits per heavy atom. The number of amides is 2. The van der Waals surface area contributed by atoms with Gasteiger partial charge in [0.05, 0.1) is 11.6 Å². The first-order valence-electron chi connectivity index (χ1n) is 14.9. The van der Waals surface area contributed by atoms with Gasteiger partial charge in [0, 0.05) is 38.4 Å². The summed E-state index contributed by atoms with van der Waals surface area (Å²) in [5, 5.41) is 0. The zero-order valence-corrected chi connectivity index (χ0v) is 23.2. The Bertz CT molecular complexity index is 1010. The molecule has 0 saturated heterocycles. The monoisotopic (exact) mass is 519 g/mol. The Morgan fingerprint density at radius 3 is 2.50 bits per heavy atom. The van der Waals surface area contributed by atoms with Crippen molar-refractivity contribution in [2.45, 2.75) is 103 Å². The van der Waals surface area contributed by atoms with Crippen LogP contribution < -0.4 is 4.74 Å². The lowest BCUT2D eigenvalue weighted by atomic mass is 9.90. The van der Waals surface area contributed by atoms with Gasteiger partial charge in [0.2, 0.25) is 5.91 Å². The summed E-state index contributed by atoms with van der Waals surface area (Å²) in [5.41, 5.74) is 1.87. The second-order valence-corrected chi connectivity index (χ2v) is 10.9. The third-order valence-electron chi connectivity index (χ3n) is 8.00. The van der Waals surface area contributed by atoms with Gasteiger partial charge in [-0.2, -0.15) is 0 Å². The molecule has 0 radical (unpaired) electrons. The summed E-state index contributed by atoms with van der Waals surface area (Å²) >= 11 is 0. The minimum atomic E-state index is -0.0911. The van der Waals surface area contributed by atoms with Crippen molar-refractivity contribution < 1.29 is 14.3 Å². The molecule has 6 heteroatoms. The second kappa shape index (κ2) is 14.9. The molecule has 1 aliphatic carbocycles. The van der Waals surface area contributed by atoms with Crippen LogP contribution in [-0.4, -0.2) is 58.4 Å². The van der Waals surface area contributed by atoms with Crippen LogP contribution in [0.25, 0.3) is 0 Å². The Hall–Kier alpha value is -2.89. The zero-order valence-electron chi connectivity index (χ0n) is 23.2. The number of ether oxygens (including phenoxy) is 1. The quantitative estimate of drug-likeness (QED) is 0.441. The number of fused-ring (bicyclic) bond motifs is 2. The van der Waals surface area contributed by atoms with E-state index in [1.54, 1.807) is 0 Å². The summed E-state index contributed by atoms with van der Waals surface area (Å²) in [6.45, 7) is 4.47. The summed E-state index contributed by atoms with van der Waals surface area (Å²) in [4.78, 5) is 35.5. The van der Waals surface area contributed by atoms with E-state index in [1.165, 1.54) is 5.56 Å². The Morgan fingerprint density at radius 1 is 0.947 bits per heavy atom. The van der Waals surface area contributed by atoms with Crippen molar-refractivity contribution in [3.05, 3.63) is 59.9 Å². The maximum absolute atomic E-state index is 13.6. The molecule has 38 heavy (non-hydrogen) atoms. The van der Waals surface area contributed by atoms with Gasteiger partial charge >= 0.3 is 0 Å². The number of carbonyl (C=O) groups excluding carboxylic acids is 2. The molecule has 1 aliphatic heterocycles. The van der Waals surface area contributed by atoms with Gasteiger partial charge in [-0.1, -0.05) is 44.7 Å². The predicted molar refractivity (Wildman–Crippen MR) is 151 cm³/mol. The number of aromatic nitrogens is 1. The van der Waals surface area contributed by atoms with E-state index in [4.69, 9.17) is 4.74 Å². The maximum Gasteiger partial charge on any atom is 0.257 e. The highest BCUT2D eigenvalue weighted by Gasteiger charge is 2.35. The van der Waals surface area contributed by atoms with Crippen molar-refractivity contribution >= 4 is 11.8 Å². The first-order chi connectivity index (χ1) is 18.7. The zero-order chi connectivity index (χ0) is 26.6. The van der Waals surface area contributed by atoms with E-state index in [0.29, 0.717) is 17.7 Å². The van der Waals surface area contributed by atoms with Crippen LogP contribution in [0.4, 0.5) is 0 Å². The molecule has 2 atom stereocenters. The molecule has 1 saturated carbocycles. The normalized spacial score (nSPS) is 21.4. The number of hydrogen-bond acceptors (Lipinski definition) is 4. The molecular weight excluding hydrogens is 474 g/mol. The van der Waals surface area contributed by atoms with Crippen LogP contribution in [0.2, 0.25) is 0 Å². The molecule has 6 nitrogen and oxygen atoms in total. The predicted octanol–water partition coefficient (Wildman–Crippen LogP) is 6.44. The van der Waals surface area contributed by atoms with E-state index < -0.39 is 0 Å². The SMILES string of the molecule is CCCN1CCCCCCCN(C(=O)CCCc2ccncc2)[C@@H]2CCCC[C@@H]2Oc2ccccc2C1=O. The van der Waals surface area contributed by atoms with Crippen LogP contribution in [-0.2, 0) is 11.2 Å². The first-order valence-corrected chi connectivity index (χ1v) is 14.9. The highest BCUT2D eigenvalue weighted by molar-refractivity contribution is 5.97. The highest BCUT2D eigenvalue weighted by Crippen LogP contribution is 2.31. The molecule has 4 rings (SSSR count). The number of nitrogens with zero attached hydrogens (tertiary/aromatic N) is 3. The van der Waals surface area contributed by atoms with Crippen molar-refractivity contribution in [2.75, 3.05) is 19.6 Å². The smallest absolute Gasteiger partial charge is 0.257 e. The minimum absolute atomic E-state index is 0.0530. The molecule has 2 aliphatic rings. The number of rotatable bonds is 6. The van der Waals surface area contributed by atoms with Gasteiger partial charge in [0.15, 0.2) is 0 Å². The van der Waals surface area contributed by atoms with Gasteiger partial charge < -0.3 is 14.5 Å². The van der Waals surface area contributed by atoms with Gasteiger partial charge in [-0.25, -0.2) is 0 Å². The molecule has 0 spiro atoms. The van der Waals surface area contributed by atoms with Gasteiger partial charge in [0.1, 0.15) is 11.9 Å². The molecule has 1 aromatic carbocycles. The second-order valence-electron chi connectivity index (χ2n) is 10.9. The van der Waals surface area contributed by atoms with Gasteiger partial charge in [0.25, 0.3) is 5.91 Å². The fourth-order valence-corrected chi connectivity index (χ4v) is 5.96. The number of aryl methyl sites for hydroxylation is 1. The molecule has 0 unspecified atom stereocenters. The molecule has 1 fully saturated rings. The first kappa shape index (κ1) is 28.1. The summed E-state index contributed by atoms with van der Waals surface area (Å²) in [6, 6.07) is 11.8. The van der Waals surface area contributed by atoms with Crippen LogP contribution in [0.1, 0.15) is 99.9 Å². The molecular formula is C32H45N3O3. The lowest BCUT2D eigenvalue weighted by Gasteiger charge is -2.40. The number of para-hydroxylation sites is 1. The van der Waals surface area contributed by atoms with Crippen LogP contribution in [0.15, 0.2) is 48.8 Å². The number of pyridine rings is 1. The van der Waals surface area contributed by atoms with Crippen LogP contribution in [0.5, 0.6) is 5.75 Å². The molecule has 206 valence electrons. The van der Waals surface area contributed by atoms with E-state index in [0.717, 1.165) is 96.7 Å². The average Bonchev–Trinajstić information content (AvgIpc) is 2.95. The fraction of sp³-hybridized carbons (Fsp3) is 0.594. The third kappa shape index (κ3) is 7.81. The Kier molecular flexibility index (Phi) is 11.0. The molecule has 1 aromatic heterocycles. The number of benzene rings is 1. The Balaban J connectivity index is 1.54. The molecule has 0 bridgehead atoms. The average molecular weight is 520 g/mol. The number of hydrogen-bond donors (Lipinski definition) is 0. The third-order valence-corrected chi connectivity index (χ3v) is 8.00. The fourth-order valence-electron chi connectivity index (χ4n) is 5.96. The van der Waals surface area contributed by atoms with E-state index in [1.807, 2.05) is 53.7 Å². The van der Waals surface area contributed by atoms with Crippen LogP contribution in [0, 0.1) is 0 Å². The van der Waals surface area contributed by atoms with E-state index in [2.05, 4.69) is 16.8 Å². The standard InChI is InChI=1S/C32H45N3O3/c1-2-23-34-24-10-4-3-5-11-25-35(31(36)18-12-13-26-19-21-33-22-20-26)28-15-7-9-17-30(28)38-29-16-8-6-14-27(29)32(34)37/h6,8,14,16,19-22,28,30H,2-5,7,9-13,15,17-18,23-25H2,1H3/t28-,30+/m1/s1. The lowest BCUT2D eigenvalue weighted by Crippen LogP contribution is -2.51. The maximum atomic E-state index is 13.6. The van der Waals surface area contributed by atoms with Gasteiger partial charge in [-0.15, -0.1) is 0 Å². The van der Waals surface area contributed by atoms with E-state index in [9.17, 15) is 9.59 Å². The topological polar surface area (TPSA) is 62.7 Å². The van der Waals surface area contributed by atoms with Crippen LogP contribution >= 0.6 is 0 Å². The summed E-state index contributed by atoms with van der Waals surface area (Å²) < 4.78 is 6.68. The van der Waals surface area contributed by atoms with Crippen molar-refractivity contribution in [3.63, 3.8) is 0 Å².